The molecule has 5 nitrogen and oxygen atoms in total. The van der Waals surface area contributed by atoms with E-state index in [0.717, 1.165) is 44.2 Å². The standard InChI is InChI=1S/C19H23N3O2/c23-19(20-11-12-21-13-15-24-16-14-21)22(17-7-3-1-4-8-17)18-9-5-2-6-10-18/h1-10H,11-16H2,(H,20,23). The quantitative estimate of drug-likeness (QED) is 0.919. The van der Waals surface area contributed by atoms with Gasteiger partial charge in [0.2, 0.25) is 0 Å². The van der Waals surface area contributed by atoms with Crippen molar-refractivity contribution in [3.63, 3.8) is 0 Å². The van der Waals surface area contributed by atoms with Crippen molar-refractivity contribution in [3.05, 3.63) is 60.7 Å². The van der Waals surface area contributed by atoms with Gasteiger partial charge in [0.15, 0.2) is 0 Å². The van der Waals surface area contributed by atoms with Crippen LogP contribution in [-0.2, 0) is 4.74 Å². The Labute approximate surface area is 142 Å². The van der Waals surface area contributed by atoms with Crippen molar-refractivity contribution >= 4 is 17.4 Å². The fraction of sp³-hybridized carbons (Fsp3) is 0.316. The number of ether oxygens (including phenoxy) is 1. The van der Waals surface area contributed by atoms with E-state index >= 15 is 0 Å². The predicted molar refractivity (Wildman–Crippen MR) is 95.7 cm³/mol. The van der Waals surface area contributed by atoms with Gasteiger partial charge < -0.3 is 10.1 Å². The average Bonchev–Trinajstić information content (AvgIpc) is 2.65. The van der Waals surface area contributed by atoms with E-state index in [-0.39, 0.29) is 6.03 Å². The number of para-hydroxylation sites is 2. The van der Waals surface area contributed by atoms with Gasteiger partial charge in [0.1, 0.15) is 0 Å². The second kappa shape index (κ2) is 8.47. The van der Waals surface area contributed by atoms with E-state index in [1.54, 1.807) is 4.90 Å². The van der Waals surface area contributed by atoms with Crippen molar-refractivity contribution < 1.29 is 9.53 Å². The number of urea groups is 1. The Morgan fingerprint density at radius 2 is 1.50 bits per heavy atom. The summed E-state index contributed by atoms with van der Waals surface area (Å²) in [5, 5.41) is 3.03. The van der Waals surface area contributed by atoms with Gasteiger partial charge in [-0.25, -0.2) is 4.79 Å². The fourth-order valence-corrected chi connectivity index (χ4v) is 2.76. The summed E-state index contributed by atoms with van der Waals surface area (Å²) >= 11 is 0. The molecule has 5 heteroatoms. The largest absolute Gasteiger partial charge is 0.379 e. The average molecular weight is 325 g/mol. The maximum atomic E-state index is 12.8. The van der Waals surface area contributed by atoms with E-state index in [1.165, 1.54) is 0 Å². The van der Waals surface area contributed by atoms with E-state index < -0.39 is 0 Å². The van der Waals surface area contributed by atoms with Crippen LogP contribution in [-0.4, -0.2) is 50.3 Å². The summed E-state index contributed by atoms with van der Waals surface area (Å²) in [7, 11) is 0. The number of benzene rings is 2. The summed E-state index contributed by atoms with van der Waals surface area (Å²) in [4.78, 5) is 16.8. The normalized spacial score (nSPS) is 15.0. The molecule has 0 spiro atoms. The number of rotatable bonds is 5. The molecule has 0 unspecified atom stereocenters. The van der Waals surface area contributed by atoms with Gasteiger partial charge in [0.25, 0.3) is 0 Å². The van der Waals surface area contributed by atoms with Crippen LogP contribution in [0.1, 0.15) is 0 Å². The SMILES string of the molecule is O=C(NCCN1CCOCC1)N(c1ccccc1)c1ccccc1. The zero-order valence-corrected chi connectivity index (χ0v) is 13.7. The molecular formula is C19H23N3O2. The number of morpholine rings is 1. The van der Waals surface area contributed by atoms with Crippen LogP contribution in [0.4, 0.5) is 16.2 Å². The first-order valence-corrected chi connectivity index (χ1v) is 8.33. The van der Waals surface area contributed by atoms with Gasteiger partial charge in [-0.15, -0.1) is 0 Å². The van der Waals surface area contributed by atoms with Crippen LogP contribution in [0.3, 0.4) is 0 Å². The fourth-order valence-electron chi connectivity index (χ4n) is 2.76. The number of carbonyl (C=O) groups excluding carboxylic acids is 1. The maximum absolute atomic E-state index is 12.8. The highest BCUT2D eigenvalue weighted by atomic mass is 16.5. The van der Waals surface area contributed by atoms with Crippen LogP contribution in [0.15, 0.2) is 60.7 Å². The highest BCUT2D eigenvalue weighted by Crippen LogP contribution is 2.24. The molecule has 2 amide bonds. The van der Waals surface area contributed by atoms with Crippen LogP contribution in [0.25, 0.3) is 0 Å². The minimum absolute atomic E-state index is 0.111. The van der Waals surface area contributed by atoms with E-state index in [4.69, 9.17) is 4.74 Å². The van der Waals surface area contributed by atoms with Crippen LogP contribution in [0.2, 0.25) is 0 Å². The zero-order chi connectivity index (χ0) is 16.6. The van der Waals surface area contributed by atoms with Gasteiger partial charge in [0.05, 0.1) is 24.6 Å². The summed E-state index contributed by atoms with van der Waals surface area (Å²) < 4.78 is 5.34. The monoisotopic (exact) mass is 325 g/mol. The predicted octanol–water partition coefficient (Wildman–Crippen LogP) is 2.87. The molecule has 1 saturated heterocycles. The molecule has 0 aromatic heterocycles. The van der Waals surface area contributed by atoms with Crippen molar-refractivity contribution in [1.29, 1.82) is 0 Å². The van der Waals surface area contributed by atoms with Crippen LogP contribution >= 0.6 is 0 Å². The van der Waals surface area contributed by atoms with Gasteiger partial charge in [-0.3, -0.25) is 9.80 Å². The molecule has 1 heterocycles. The molecule has 3 rings (SSSR count). The Morgan fingerprint density at radius 1 is 0.958 bits per heavy atom. The highest BCUT2D eigenvalue weighted by Gasteiger charge is 2.18. The molecule has 24 heavy (non-hydrogen) atoms. The molecule has 0 aliphatic carbocycles. The third-order valence-corrected chi connectivity index (χ3v) is 4.04. The molecule has 2 aromatic carbocycles. The molecule has 2 aromatic rings. The van der Waals surface area contributed by atoms with Gasteiger partial charge in [0, 0.05) is 26.2 Å². The Bertz CT molecular complexity index is 588. The molecule has 0 saturated carbocycles. The number of amides is 2. The Hall–Kier alpha value is -2.37. The first-order chi connectivity index (χ1) is 11.8. The molecule has 1 fully saturated rings. The molecule has 1 aliphatic heterocycles. The van der Waals surface area contributed by atoms with Gasteiger partial charge >= 0.3 is 6.03 Å². The third-order valence-electron chi connectivity index (χ3n) is 4.04. The number of hydrogen-bond acceptors (Lipinski definition) is 3. The zero-order valence-electron chi connectivity index (χ0n) is 13.7. The first kappa shape index (κ1) is 16.5. The number of nitrogens with zero attached hydrogens (tertiary/aromatic N) is 2. The van der Waals surface area contributed by atoms with E-state index in [2.05, 4.69) is 10.2 Å². The van der Waals surface area contributed by atoms with Crippen LogP contribution < -0.4 is 10.2 Å². The topological polar surface area (TPSA) is 44.8 Å². The van der Waals surface area contributed by atoms with E-state index in [0.29, 0.717) is 6.54 Å². The molecule has 1 aliphatic rings. The van der Waals surface area contributed by atoms with Gasteiger partial charge in [-0.2, -0.15) is 0 Å². The van der Waals surface area contributed by atoms with Crippen molar-refractivity contribution in [2.45, 2.75) is 0 Å². The number of hydrogen-bond donors (Lipinski definition) is 1. The van der Waals surface area contributed by atoms with Crippen molar-refractivity contribution in [2.75, 3.05) is 44.3 Å². The Kier molecular flexibility index (Phi) is 5.82. The molecule has 126 valence electrons. The third kappa shape index (κ3) is 4.34. The molecule has 1 N–H and O–H groups in total. The lowest BCUT2D eigenvalue weighted by Crippen LogP contribution is -2.44. The molecule has 0 bridgehead atoms. The summed E-state index contributed by atoms with van der Waals surface area (Å²) in [6.45, 7) is 4.86. The van der Waals surface area contributed by atoms with Crippen molar-refractivity contribution in [2.24, 2.45) is 0 Å². The van der Waals surface area contributed by atoms with Gasteiger partial charge in [-0.1, -0.05) is 36.4 Å². The summed E-state index contributed by atoms with van der Waals surface area (Å²) in [5.41, 5.74) is 1.71. The van der Waals surface area contributed by atoms with Crippen molar-refractivity contribution in [3.8, 4) is 0 Å². The van der Waals surface area contributed by atoms with E-state index in [9.17, 15) is 4.79 Å². The lowest BCUT2D eigenvalue weighted by Gasteiger charge is -2.27. The van der Waals surface area contributed by atoms with E-state index in [1.807, 2.05) is 60.7 Å². The minimum atomic E-state index is -0.111. The highest BCUT2D eigenvalue weighted by molar-refractivity contribution is 5.99. The Morgan fingerprint density at radius 3 is 2.04 bits per heavy atom. The molecular weight excluding hydrogens is 302 g/mol. The number of nitrogens with one attached hydrogen (secondary N) is 1. The number of carbonyl (C=O) groups is 1. The molecule has 0 atom stereocenters. The van der Waals surface area contributed by atoms with Crippen LogP contribution in [0.5, 0.6) is 0 Å². The van der Waals surface area contributed by atoms with Gasteiger partial charge in [-0.05, 0) is 24.3 Å². The lowest BCUT2D eigenvalue weighted by molar-refractivity contribution is 0.0387. The number of anilines is 2. The lowest BCUT2D eigenvalue weighted by atomic mass is 10.2. The smallest absolute Gasteiger partial charge is 0.326 e. The summed E-state index contributed by atoms with van der Waals surface area (Å²) in [5.74, 6) is 0. The minimum Gasteiger partial charge on any atom is -0.379 e. The summed E-state index contributed by atoms with van der Waals surface area (Å²) in [6.07, 6.45) is 0. The molecule has 0 radical (unpaired) electrons. The Balaban J connectivity index is 1.65. The second-order valence-electron chi connectivity index (χ2n) is 5.69. The first-order valence-electron chi connectivity index (χ1n) is 8.33. The summed E-state index contributed by atoms with van der Waals surface area (Å²) in [6, 6.07) is 19.3. The van der Waals surface area contributed by atoms with Crippen molar-refractivity contribution in [1.82, 2.24) is 10.2 Å². The second-order valence-corrected chi connectivity index (χ2v) is 5.69. The maximum Gasteiger partial charge on any atom is 0.326 e. The van der Waals surface area contributed by atoms with Crippen LogP contribution in [0, 0.1) is 0 Å².